The van der Waals surface area contributed by atoms with Crippen LogP contribution in [-0.2, 0) is 23.8 Å². The molecule has 0 unspecified atom stereocenters. The second kappa shape index (κ2) is 13.0. The number of esters is 1. The summed E-state index contributed by atoms with van der Waals surface area (Å²) in [4.78, 5) is 22.2. The van der Waals surface area contributed by atoms with Gasteiger partial charge in [0.15, 0.2) is 6.29 Å². The Labute approximate surface area is 235 Å². The number of hydrogen-bond acceptors (Lipinski definition) is 10. The van der Waals surface area contributed by atoms with Crippen LogP contribution in [0.4, 0.5) is 0 Å². The summed E-state index contributed by atoms with van der Waals surface area (Å²) >= 11 is 0. The number of carbonyl (C=O) groups is 2. The fourth-order valence-corrected chi connectivity index (χ4v) is 7.00. The average Bonchev–Trinajstić information content (AvgIpc) is 2.87. The highest BCUT2D eigenvalue weighted by molar-refractivity contribution is 5.90. The molecule has 2 aliphatic carbocycles. The Morgan fingerprint density at radius 3 is 2.42 bits per heavy atom. The van der Waals surface area contributed by atoms with E-state index >= 15 is 0 Å². The van der Waals surface area contributed by atoms with E-state index in [4.69, 9.17) is 19.3 Å². The maximum absolute atomic E-state index is 11.5. The molecular weight excluding hydrogens is 524 g/mol. The standard InChI is InChI=1S/C29H46O11/c1-15(9-11-38-23(34)13-22(32)33)6-7-17-16(2)18(12-20-28(3,4)21(31)8-10-29(17,20)5)39-27-26(37)25(36)24(35)19(14-30)40-27/h9,17-21,24-27,30-31,35-37H,2,6-8,10-14H2,1,3-5H3,(H,32,33)/b15-9-/t17-,18+,19+,20+,21+,24-,25-,26-,27+,29-/m1/s1. The van der Waals surface area contributed by atoms with Crippen molar-refractivity contribution in [3.8, 4) is 0 Å². The summed E-state index contributed by atoms with van der Waals surface area (Å²) in [5, 5.41) is 60.2. The average molecular weight is 571 g/mol. The molecule has 3 rings (SSSR count). The lowest BCUT2D eigenvalue weighted by molar-refractivity contribution is -0.313. The summed E-state index contributed by atoms with van der Waals surface area (Å²) < 4.78 is 16.8. The molecule has 0 aromatic rings. The number of fused-ring (bicyclic) bond motifs is 1. The Morgan fingerprint density at radius 1 is 1.12 bits per heavy atom. The Hall–Kier alpha value is -1.86. The molecule has 10 atom stereocenters. The Kier molecular flexibility index (Phi) is 10.6. The van der Waals surface area contributed by atoms with Crippen molar-refractivity contribution in [2.24, 2.45) is 22.7 Å². The number of rotatable bonds is 10. The van der Waals surface area contributed by atoms with Crippen LogP contribution in [0.1, 0.15) is 66.2 Å². The number of hydrogen-bond donors (Lipinski definition) is 6. The van der Waals surface area contributed by atoms with Gasteiger partial charge in [0.05, 0.1) is 18.8 Å². The van der Waals surface area contributed by atoms with E-state index in [1.54, 1.807) is 6.08 Å². The molecule has 1 aliphatic heterocycles. The molecule has 3 fully saturated rings. The molecule has 6 N–H and O–H groups in total. The first-order chi connectivity index (χ1) is 18.6. The maximum atomic E-state index is 11.5. The maximum Gasteiger partial charge on any atom is 0.317 e. The second-order valence-corrected chi connectivity index (χ2v) is 12.5. The zero-order valence-corrected chi connectivity index (χ0v) is 23.9. The highest BCUT2D eigenvalue weighted by atomic mass is 16.7. The molecule has 11 nitrogen and oxygen atoms in total. The van der Waals surface area contributed by atoms with E-state index in [0.717, 1.165) is 17.6 Å². The summed E-state index contributed by atoms with van der Waals surface area (Å²) in [6.07, 6.45) is -3.68. The summed E-state index contributed by atoms with van der Waals surface area (Å²) in [5.41, 5.74) is 1.13. The topological polar surface area (TPSA) is 183 Å². The number of carboxylic acid groups (broad SMARTS) is 1. The molecule has 0 aromatic heterocycles. The molecule has 11 heteroatoms. The second-order valence-electron chi connectivity index (χ2n) is 12.5. The molecular formula is C29H46O11. The van der Waals surface area contributed by atoms with Crippen molar-refractivity contribution in [2.75, 3.05) is 13.2 Å². The number of carboxylic acids is 1. The zero-order chi connectivity index (χ0) is 30.0. The fourth-order valence-electron chi connectivity index (χ4n) is 7.00. The van der Waals surface area contributed by atoms with Crippen LogP contribution in [0, 0.1) is 22.7 Å². The molecule has 1 saturated heterocycles. The zero-order valence-electron chi connectivity index (χ0n) is 23.9. The minimum absolute atomic E-state index is 0.0223. The lowest BCUT2D eigenvalue weighted by Gasteiger charge is -2.61. The number of aliphatic hydroxyl groups is 5. The third-order valence-electron chi connectivity index (χ3n) is 9.56. The Balaban J connectivity index is 1.79. The van der Waals surface area contributed by atoms with Crippen LogP contribution in [-0.4, -0.2) is 98.7 Å². The first kappa shape index (κ1) is 32.7. The largest absolute Gasteiger partial charge is 0.481 e. The van der Waals surface area contributed by atoms with E-state index in [0.29, 0.717) is 25.7 Å². The predicted molar refractivity (Wildman–Crippen MR) is 143 cm³/mol. The van der Waals surface area contributed by atoms with Gasteiger partial charge < -0.3 is 44.8 Å². The van der Waals surface area contributed by atoms with Gasteiger partial charge in [-0.3, -0.25) is 9.59 Å². The fraction of sp³-hybridized carbons (Fsp3) is 0.793. The molecule has 0 radical (unpaired) electrons. The van der Waals surface area contributed by atoms with Crippen molar-refractivity contribution in [1.29, 1.82) is 0 Å². The van der Waals surface area contributed by atoms with Crippen molar-refractivity contribution < 1.29 is 54.4 Å². The van der Waals surface area contributed by atoms with Crippen molar-refractivity contribution in [2.45, 2.75) is 109 Å². The lowest BCUT2D eigenvalue weighted by Crippen LogP contribution is -2.61. The molecule has 0 amide bonds. The van der Waals surface area contributed by atoms with Crippen molar-refractivity contribution in [3.63, 3.8) is 0 Å². The van der Waals surface area contributed by atoms with Crippen LogP contribution in [0.5, 0.6) is 0 Å². The number of allylic oxidation sites excluding steroid dienone is 1. The number of aliphatic hydroxyl groups excluding tert-OH is 5. The Bertz CT molecular complexity index is 960. The van der Waals surface area contributed by atoms with Crippen molar-refractivity contribution in [3.05, 3.63) is 23.8 Å². The monoisotopic (exact) mass is 570 g/mol. The number of aliphatic carboxylic acids is 1. The normalized spacial score (nSPS) is 39.9. The molecule has 0 spiro atoms. The summed E-state index contributed by atoms with van der Waals surface area (Å²) in [6.45, 7) is 12.0. The van der Waals surface area contributed by atoms with Crippen LogP contribution >= 0.6 is 0 Å². The van der Waals surface area contributed by atoms with Gasteiger partial charge in [0.1, 0.15) is 37.4 Å². The first-order valence-electron chi connectivity index (χ1n) is 14.0. The third-order valence-corrected chi connectivity index (χ3v) is 9.56. The van der Waals surface area contributed by atoms with Gasteiger partial charge in [-0.25, -0.2) is 0 Å². The van der Waals surface area contributed by atoms with Gasteiger partial charge >= 0.3 is 11.9 Å². The molecule has 2 saturated carbocycles. The molecule has 0 bridgehead atoms. The minimum Gasteiger partial charge on any atom is -0.481 e. The molecule has 3 aliphatic rings. The van der Waals surface area contributed by atoms with E-state index in [1.165, 1.54) is 0 Å². The SMILES string of the molecule is C=C1[C@@H](O[C@H]2O[C@@H](CO)[C@@H](O)[C@@H](O)[C@H]2O)C[C@H]2C(C)(C)[C@@H](O)CC[C@]2(C)[C@@H]1CC/C(C)=C\COC(=O)CC(=O)O. The smallest absolute Gasteiger partial charge is 0.317 e. The van der Waals surface area contributed by atoms with Gasteiger partial charge in [-0.1, -0.05) is 32.9 Å². The van der Waals surface area contributed by atoms with Gasteiger partial charge in [-0.15, -0.1) is 0 Å². The number of ether oxygens (including phenoxy) is 3. The van der Waals surface area contributed by atoms with Gasteiger partial charge in [-0.2, -0.15) is 0 Å². The van der Waals surface area contributed by atoms with Crippen molar-refractivity contribution in [1.82, 2.24) is 0 Å². The first-order valence-corrected chi connectivity index (χ1v) is 14.0. The van der Waals surface area contributed by atoms with Crippen LogP contribution in [0.25, 0.3) is 0 Å². The van der Waals surface area contributed by atoms with Crippen molar-refractivity contribution >= 4 is 11.9 Å². The van der Waals surface area contributed by atoms with Crippen LogP contribution in [0.3, 0.4) is 0 Å². The molecule has 40 heavy (non-hydrogen) atoms. The molecule has 228 valence electrons. The van der Waals surface area contributed by atoms with E-state index in [9.17, 15) is 35.1 Å². The summed E-state index contributed by atoms with van der Waals surface area (Å²) in [7, 11) is 0. The van der Waals surface area contributed by atoms with E-state index in [-0.39, 0.29) is 23.9 Å². The predicted octanol–water partition coefficient (Wildman–Crippen LogP) is 1.30. The van der Waals surface area contributed by atoms with Gasteiger partial charge in [-0.05, 0) is 73.3 Å². The number of carbonyl (C=O) groups excluding carboxylic acids is 1. The van der Waals surface area contributed by atoms with Crippen LogP contribution in [0.15, 0.2) is 23.8 Å². The Morgan fingerprint density at radius 2 is 1.80 bits per heavy atom. The minimum atomic E-state index is -1.56. The van der Waals surface area contributed by atoms with Crippen LogP contribution < -0.4 is 0 Å². The summed E-state index contributed by atoms with van der Waals surface area (Å²) in [6, 6.07) is 0. The van der Waals surface area contributed by atoms with Gasteiger partial charge in [0.2, 0.25) is 0 Å². The van der Waals surface area contributed by atoms with Gasteiger partial charge in [0.25, 0.3) is 0 Å². The third kappa shape index (κ3) is 6.78. The van der Waals surface area contributed by atoms with E-state index in [1.807, 2.05) is 20.8 Å². The quantitative estimate of drug-likeness (QED) is 0.0963. The molecule has 0 aromatic carbocycles. The van der Waals surface area contributed by atoms with E-state index < -0.39 is 73.3 Å². The van der Waals surface area contributed by atoms with E-state index in [2.05, 4.69) is 13.5 Å². The molecule has 1 heterocycles. The lowest BCUT2D eigenvalue weighted by atomic mass is 9.46. The summed E-state index contributed by atoms with van der Waals surface area (Å²) in [5.74, 6) is -2.06. The van der Waals surface area contributed by atoms with Gasteiger partial charge in [0, 0.05) is 0 Å². The van der Waals surface area contributed by atoms with Crippen LogP contribution in [0.2, 0.25) is 0 Å². The highest BCUT2D eigenvalue weighted by Crippen LogP contribution is 2.62. The highest BCUT2D eigenvalue weighted by Gasteiger charge is 2.58.